The van der Waals surface area contributed by atoms with E-state index in [-0.39, 0.29) is 11.9 Å². The van der Waals surface area contributed by atoms with Crippen molar-refractivity contribution < 1.29 is 4.79 Å². The van der Waals surface area contributed by atoms with Gasteiger partial charge in [-0.05, 0) is 38.0 Å². The van der Waals surface area contributed by atoms with Crippen LogP contribution < -0.4 is 10.6 Å². The molecule has 0 bridgehead atoms. The van der Waals surface area contributed by atoms with Crippen LogP contribution in [0.15, 0.2) is 0 Å². The van der Waals surface area contributed by atoms with Crippen molar-refractivity contribution in [2.24, 2.45) is 5.41 Å². The van der Waals surface area contributed by atoms with E-state index in [1.807, 2.05) is 6.92 Å². The third-order valence-electron chi connectivity index (χ3n) is 3.26. The van der Waals surface area contributed by atoms with Crippen molar-refractivity contribution in [3.63, 3.8) is 0 Å². The first-order valence-corrected chi connectivity index (χ1v) is 5.63. The van der Waals surface area contributed by atoms with Gasteiger partial charge < -0.3 is 10.6 Å². The number of nitrogens with one attached hydrogen (secondary N) is 2. The monoisotopic (exact) mass is 196 g/mol. The molecule has 2 saturated carbocycles. The number of rotatable bonds is 5. The lowest BCUT2D eigenvalue weighted by Crippen LogP contribution is -2.44. The fourth-order valence-electron chi connectivity index (χ4n) is 1.44. The maximum Gasteiger partial charge on any atom is 0.237 e. The van der Waals surface area contributed by atoms with Gasteiger partial charge in [0.25, 0.3) is 0 Å². The molecule has 2 aliphatic rings. The van der Waals surface area contributed by atoms with Gasteiger partial charge >= 0.3 is 0 Å². The van der Waals surface area contributed by atoms with Crippen molar-refractivity contribution >= 4 is 5.91 Å². The van der Waals surface area contributed by atoms with Gasteiger partial charge in [0.15, 0.2) is 0 Å². The maximum absolute atomic E-state index is 11.6. The molecular weight excluding hydrogens is 176 g/mol. The van der Waals surface area contributed by atoms with Crippen LogP contribution in [0.4, 0.5) is 0 Å². The van der Waals surface area contributed by atoms with E-state index in [1.165, 1.54) is 12.8 Å². The maximum atomic E-state index is 11.6. The van der Waals surface area contributed by atoms with Crippen molar-refractivity contribution in [2.75, 3.05) is 6.54 Å². The van der Waals surface area contributed by atoms with E-state index in [9.17, 15) is 4.79 Å². The molecule has 0 heterocycles. The number of hydrogen-bond acceptors (Lipinski definition) is 2. The van der Waals surface area contributed by atoms with Crippen LogP contribution in [0.25, 0.3) is 0 Å². The van der Waals surface area contributed by atoms with Gasteiger partial charge in [-0.3, -0.25) is 4.79 Å². The van der Waals surface area contributed by atoms with E-state index in [2.05, 4.69) is 17.6 Å². The van der Waals surface area contributed by atoms with Crippen LogP contribution in [0.1, 0.15) is 39.5 Å². The van der Waals surface area contributed by atoms with Crippen molar-refractivity contribution in [1.29, 1.82) is 0 Å². The van der Waals surface area contributed by atoms with Crippen molar-refractivity contribution in [2.45, 2.75) is 51.6 Å². The zero-order valence-electron chi connectivity index (χ0n) is 9.10. The molecule has 1 unspecified atom stereocenters. The molecule has 2 aliphatic carbocycles. The van der Waals surface area contributed by atoms with Gasteiger partial charge in [-0.25, -0.2) is 0 Å². The highest BCUT2D eigenvalue weighted by atomic mass is 16.2. The predicted molar refractivity (Wildman–Crippen MR) is 56.0 cm³/mol. The summed E-state index contributed by atoms with van der Waals surface area (Å²) >= 11 is 0. The third kappa shape index (κ3) is 2.71. The van der Waals surface area contributed by atoms with Gasteiger partial charge in [0.1, 0.15) is 0 Å². The summed E-state index contributed by atoms with van der Waals surface area (Å²) in [6.07, 6.45) is 4.93. The summed E-state index contributed by atoms with van der Waals surface area (Å²) in [5.74, 6) is 0.164. The first-order chi connectivity index (χ1) is 6.59. The average molecular weight is 196 g/mol. The molecule has 0 spiro atoms. The lowest BCUT2D eigenvalue weighted by atomic mass is 10.1. The Morgan fingerprint density at radius 3 is 2.64 bits per heavy atom. The molecule has 3 nitrogen and oxygen atoms in total. The largest absolute Gasteiger partial charge is 0.352 e. The Kier molecular flexibility index (Phi) is 2.52. The number of carbonyl (C=O) groups is 1. The first-order valence-electron chi connectivity index (χ1n) is 5.63. The average Bonchev–Trinajstić information content (AvgIpc) is 3.01. The Morgan fingerprint density at radius 1 is 1.50 bits per heavy atom. The van der Waals surface area contributed by atoms with Gasteiger partial charge in [-0.2, -0.15) is 0 Å². The van der Waals surface area contributed by atoms with Crippen LogP contribution in [0.3, 0.4) is 0 Å². The Balaban J connectivity index is 1.65. The van der Waals surface area contributed by atoms with E-state index < -0.39 is 0 Å². The summed E-state index contributed by atoms with van der Waals surface area (Å²) in [6, 6.07) is 0.441. The van der Waals surface area contributed by atoms with Crippen LogP contribution in [-0.2, 0) is 4.79 Å². The molecule has 80 valence electrons. The molecule has 2 N–H and O–H groups in total. The summed E-state index contributed by atoms with van der Waals surface area (Å²) in [5.41, 5.74) is 0.480. The number of amides is 1. The molecule has 1 atom stereocenters. The molecule has 0 aliphatic heterocycles. The highest BCUT2D eigenvalue weighted by molar-refractivity contribution is 5.81. The Bertz CT molecular complexity index is 231. The second kappa shape index (κ2) is 3.54. The van der Waals surface area contributed by atoms with E-state index in [0.717, 1.165) is 19.4 Å². The van der Waals surface area contributed by atoms with Crippen molar-refractivity contribution in [3.05, 3.63) is 0 Å². The Labute approximate surface area is 85.6 Å². The summed E-state index contributed by atoms with van der Waals surface area (Å²) in [6.45, 7) is 5.20. The number of carbonyl (C=O) groups excluding carboxylic acids is 1. The van der Waals surface area contributed by atoms with Gasteiger partial charge in [-0.15, -0.1) is 0 Å². The lowest BCUT2D eigenvalue weighted by molar-refractivity contribution is -0.122. The number of hydrogen-bond donors (Lipinski definition) is 2. The minimum absolute atomic E-state index is 0.0342. The normalized spacial score (nSPS) is 25.6. The van der Waals surface area contributed by atoms with E-state index >= 15 is 0 Å². The van der Waals surface area contributed by atoms with Gasteiger partial charge in [0.2, 0.25) is 5.91 Å². The van der Waals surface area contributed by atoms with Gasteiger partial charge in [0.05, 0.1) is 6.04 Å². The minimum Gasteiger partial charge on any atom is -0.352 e. The van der Waals surface area contributed by atoms with Crippen LogP contribution in [0.2, 0.25) is 0 Å². The predicted octanol–water partition coefficient (Wildman–Crippen LogP) is 1.04. The fraction of sp³-hybridized carbons (Fsp3) is 0.909. The molecule has 0 aromatic heterocycles. The van der Waals surface area contributed by atoms with Gasteiger partial charge in [-0.1, -0.05) is 6.92 Å². The summed E-state index contributed by atoms with van der Waals surface area (Å²) in [7, 11) is 0. The van der Waals surface area contributed by atoms with Crippen LogP contribution in [-0.4, -0.2) is 24.5 Å². The van der Waals surface area contributed by atoms with Crippen LogP contribution in [0.5, 0.6) is 0 Å². The molecule has 14 heavy (non-hydrogen) atoms. The Hall–Kier alpha value is -0.570. The van der Waals surface area contributed by atoms with E-state index in [0.29, 0.717) is 11.5 Å². The van der Waals surface area contributed by atoms with E-state index in [1.54, 1.807) is 0 Å². The molecule has 0 aromatic rings. The molecule has 0 saturated heterocycles. The van der Waals surface area contributed by atoms with Crippen molar-refractivity contribution in [1.82, 2.24) is 10.6 Å². The van der Waals surface area contributed by atoms with Gasteiger partial charge in [0, 0.05) is 12.6 Å². The molecule has 3 heteroatoms. The zero-order valence-corrected chi connectivity index (χ0v) is 9.10. The Morgan fingerprint density at radius 2 is 2.14 bits per heavy atom. The molecule has 0 aromatic carbocycles. The standard InChI is InChI=1S/C11H20N2O/c1-8(10(14)13-9-3-4-9)12-7-11(2)5-6-11/h8-9,12H,3-7H2,1-2H3,(H,13,14). The highest BCUT2D eigenvalue weighted by Gasteiger charge is 2.37. The fourth-order valence-corrected chi connectivity index (χ4v) is 1.44. The third-order valence-corrected chi connectivity index (χ3v) is 3.26. The van der Waals surface area contributed by atoms with Crippen molar-refractivity contribution in [3.8, 4) is 0 Å². The minimum atomic E-state index is -0.0342. The molecule has 2 rings (SSSR count). The van der Waals surface area contributed by atoms with Crippen LogP contribution >= 0.6 is 0 Å². The SMILES string of the molecule is CC(NCC1(C)CC1)C(=O)NC1CC1. The topological polar surface area (TPSA) is 41.1 Å². The lowest BCUT2D eigenvalue weighted by Gasteiger charge is -2.16. The summed E-state index contributed by atoms with van der Waals surface area (Å²) < 4.78 is 0. The smallest absolute Gasteiger partial charge is 0.237 e. The molecule has 1 amide bonds. The molecule has 0 radical (unpaired) electrons. The second-order valence-electron chi connectivity index (χ2n) is 5.20. The quantitative estimate of drug-likeness (QED) is 0.690. The highest BCUT2D eigenvalue weighted by Crippen LogP contribution is 2.44. The summed E-state index contributed by atoms with van der Waals surface area (Å²) in [5, 5.41) is 6.31. The second-order valence-corrected chi connectivity index (χ2v) is 5.20. The summed E-state index contributed by atoms with van der Waals surface area (Å²) in [4.78, 5) is 11.6. The van der Waals surface area contributed by atoms with E-state index in [4.69, 9.17) is 0 Å². The zero-order chi connectivity index (χ0) is 10.2. The first kappa shape index (κ1) is 9.97. The van der Waals surface area contributed by atoms with Crippen LogP contribution in [0, 0.1) is 5.41 Å². The molecule has 2 fully saturated rings. The molecular formula is C11H20N2O.